The number of fused-ring (bicyclic) bond motifs is 1. The number of carbonyl (C=O) groups is 2. The van der Waals surface area contributed by atoms with Crippen LogP contribution in [0.3, 0.4) is 0 Å². The molecule has 11 heteroatoms. The van der Waals surface area contributed by atoms with Crippen molar-refractivity contribution in [3.05, 3.63) is 51.8 Å². The van der Waals surface area contributed by atoms with E-state index in [1.54, 1.807) is 0 Å². The number of aliphatic hydroxyl groups is 1. The third kappa shape index (κ3) is 6.51. The monoisotopic (exact) mass is 733 g/mol. The number of hydrogen-bond acceptors (Lipinski definition) is 8. The van der Waals surface area contributed by atoms with Gasteiger partial charge in [-0.15, -0.1) is 18.3 Å². The van der Waals surface area contributed by atoms with Crippen LogP contribution in [0.4, 0.5) is 4.39 Å². The number of thioether (sulfide) groups is 1. The second kappa shape index (κ2) is 13.3. The second-order valence-corrected chi connectivity index (χ2v) is 17.9. The number of hydrogen-bond donors (Lipinski definition) is 2. The molecule has 0 unspecified atom stereocenters. The maximum absolute atomic E-state index is 13.9. The molecule has 0 saturated heterocycles. The van der Waals surface area contributed by atoms with E-state index < -0.39 is 28.9 Å². The standard InChI is InChI=1S/C36H49BrFN3O5S/c1-8-34(6)17-27(35(7)21(2)9-11-36(22(3)31(34)44)12-10-26(42)30(35)36)46-28(43)18-47-33(4,5)19-39-13-14-41-20-40-29-24(32(41)45)15-23(38)16-25(29)37/h8,15-16,20-22,27,30-31,39,44H,1,9-14,17-19H2,2-7H3/t21-,22+,27-,30+,31+,34-,35+,36+/m1/s1. The molecular formula is C36H49BrFN3O5S. The fourth-order valence-electron chi connectivity index (χ4n) is 8.94. The van der Waals surface area contributed by atoms with Gasteiger partial charge < -0.3 is 15.2 Å². The summed E-state index contributed by atoms with van der Waals surface area (Å²) in [6, 6.07) is 2.49. The van der Waals surface area contributed by atoms with E-state index in [0.29, 0.717) is 42.5 Å². The van der Waals surface area contributed by atoms with Crippen molar-refractivity contribution < 1.29 is 23.8 Å². The number of aliphatic hydroxyl groups excluding tert-OH is 1. The number of esters is 1. The molecule has 3 fully saturated rings. The van der Waals surface area contributed by atoms with Crippen LogP contribution in [-0.4, -0.2) is 62.2 Å². The zero-order valence-corrected chi connectivity index (χ0v) is 30.8. The molecule has 0 amide bonds. The minimum Gasteiger partial charge on any atom is -0.461 e. The van der Waals surface area contributed by atoms with Gasteiger partial charge in [0, 0.05) is 52.0 Å². The van der Waals surface area contributed by atoms with Crippen LogP contribution >= 0.6 is 27.7 Å². The van der Waals surface area contributed by atoms with Crippen molar-refractivity contribution in [2.45, 2.75) is 97.1 Å². The van der Waals surface area contributed by atoms with Gasteiger partial charge in [-0.1, -0.05) is 33.8 Å². The number of rotatable bonds is 10. The molecule has 3 aliphatic rings. The Morgan fingerprint density at radius 1 is 1.30 bits per heavy atom. The van der Waals surface area contributed by atoms with Gasteiger partial charge in [-0.05, 0) is 84.8 Å². The molecule has 0 aliphatic heterocycles. The molecule has 5 rings (SSSR count). The molecule has 47 heavy (non-hydrogen) atoms. The van der Waals surface area contributed by atoms with Gasteiger partial charge in [-0.3, -0.25) is 19.0 Å². The summed E-state index contributed by atoms with van der Waals surface area (Å²) in [6.07, 6.45) is 5.56. The van der Waals surface area contributed by atoms with Crippen molar-refractivity contribution in [3.8, 4) is 0 Å². The lowest BCUT2D eigenvalue weighted by Crippen LogP contribution is -2.63. The normalized spacial score (nSPS) is 34.1. The van der Waals surface area contributed by atoms with Crippen molar-refractivity contribution in [3.63, 3.8) is 0 Å². The molecule has 0 radical (unpaired) electrons. The Kier molecular flexibility index (Phi) is 10.3. The topological polar surface area (TPSA) is 111 Å². The van der Waals surface area contributed by atoms with Crippen LogP contribution in [0.1, 0.15) is 73.6 Å². The lowest BCUT2D eigenvalue weighted by atomic mass is 9.44. The summed E-state index contributed by atoms with van der Waals surface area (Å²) in [5, 5.41) is 15.3. The van der Waals surface area contributed by atoms with Gasteiger partial charge in [-0.25, -0.2) is 9.37 Å². The molecule has 1 aromatic carbocycles. The third-order valence-electron chi connectivity index (χ3n) is 12.1. The quantitative estimate of drug-likeness (QED) is 0.166. The fourth-order valence-corrected chi connectivity index (χ4v) is 10.3. The number of nitrogens with one attached hydrogen (secondary N) is 1. The van der Waals surface area contributed by atoms with E-state index in [-0.39, 0.29) is 56.4 Å². The Morgan fingerprint density at radius 3 is 2.72 bits per heavy atom. The minimum absolute atomic E-state index is 0.0735. The van der Waals surface area contributed by atoms with Crippen molar-refractivity contribution in [1.82, 2.24) is 14.9 Å². The van der Waals surface area contributed by atoms with Crippen LogP contribution in [0.5, 0.6) is 0 Å². The molecule has 1 heterocycles. The first-order valence-electron chi connectivity index (χ1n) is 16.7. The van der Waals surface area contributed by atoms with E-state index in [0.717, 1.165) is 19.3 Å². The molecule has 1 aromatic heterocycles. The van der Waals surface area contributed by atoms with Crippen molar-refractivity contribution in [1.29, 1.82) is 0 Å². The van der Waals surface area contributed by atoms with E-state index in [2.05, 4.69) is 53.6 Å². The first-order valence-corrected chi connectivity index (χ1v) is 18.5. The molecule has 2 bridgehead atoms. The molecule has 258 valence electrons. The van der Waals surface area contributed by atoms with Gasteiger partial charge >= 0.3 is 5.97 Å². The van der Waals surface area contributed by atoms with Crippen molar-refractivity contribution in [2.75, 3.05) is 18.8 Å². The average Bonchev–Trinajstić information content (AvgIpc) is 3.37. The van der Waals surface area contributed by atoms with Crippen molar-refractivity contribution in [2.24, 2.45) is 34.0 Å². The highest BCUT2D eigenvalue weighted by Gasteiger charge is 2.68. The van der Waals surface area contributed by atoms with Crippen LogP contribution in [-0.2, 0) is 20.9 Å². The highest BCUT2D eigenvalue weighted by molar-refractivity contribution is 9.10. The van der Waals surface area contributed by atoms with E-state index in [4.69, 9.17) is 4.74 Å². The number of benzene rings is 1. The number of ketones is 1. The predicted molar refractivity (Wildman–Crippen MR) is 188 cm³/mol. The molecule has 8 atom stereocenters. The largest absolute Gasteiger partial charge is 0.461 e. The Morgan fingerprint density at radius 2 is 2.02 bits per heavy atom. The van der Waals surface area contributed by atoms with Crippen molar-refractivity contribution >= 4 is 50.3 Å². The molecule has 2 N–H and O–H groups in total. The van der Waals surface area contributed by atoms with Crippen LogP contribution < -0.4 is 10.9 Å². The summed E-state index contributed by atoms with van der Waals surface area (Å²) in [6.45, 7) is 18.0. The van der Waals surface area contributed by atoms with E-state index >= 15 is 0 Å². The zero-order valence-electron chi connectivity index (χ0n) is 28.4. The highest BCUT2D eigenvalue weighted by atomic mass is 79.9. The van der Waals surface area contributed by atoms with Gasteiger partial charge in [-0.2, -0.15) is 0 Å². The summed E-state index contributed by atoms with van der Waals surface area (Å²) in [5.41, 5.74) is -1.41. The summed E-state index contributed by atoms with van der Waals surface area (Å²) in [5.74, 6) is -0.608. The zero-order chi connectivity index (χ0) is 34.5. The molecule has 3 aliphatic carbocycles. The van der Waals surface area contributed by atoms with Crippen LogP contribution in [0, 0.1) is 39.8 Å². The first kappa shape index (κ1) is 36.2. The Hall–Kier alpha value is -2.08. The number of carbonyl (C=O) groups excluding carboxylic acids is 2. The maximum Gasteiger partial charge on any atom is 0.316 e. The SMILES string of the molecule is C=C[C@]1(C)C[C@@H](OC(=O)CSC(C)(C)CNCCn2cnc3c(Br)cc(F)cc3c2=O)[C@]2(C)[C@H](C)CC[C@]3(CCC(=O)[C@H]32)[C@@H](C)[C@@H]1O. The molecular weight excluding hydrogens is 685 g/mol. The van der Waals surface area contributed by atoms with E-state index in [1.807, 2.05) is 26.8 Å². The molecule has 3 saturated carbocycles. The van der Waals surface area contributed by atoms with E-state index in [1.165, 1.54) is 34.8 Å². The third-order valence-corrected chi connectivity index (χ3v) is 14.0. The smallest absolute Gasteiger partial charge is 0.316 e. The maximum atomic E-state index is 13.9. The number of aromatic nitrogens is 2. The number of ether oxygens (including phenoxy) is 1. The first-order chi connectivity index (χ1) is 22.0. The minimum atomic E-state index is -0.698. The number of halogens is 2. The summed E-state index contributed by atoms with van der Waals surface area (Å²) >= 11 is 4.75. The Balaban J connectivity index is 1.23. The second-order valence-electron chi connectivity index (χ2n) is 15.3. The lowest BCUT2D eigenvalue weighted by molar-refractivity contribution is -0.205. The van der Waals surface area contributed by atoms with Crippen LogP contribution in [0.25, 0.3) is 10.9 Å². The fraction of sp³-hybridized carbons (Fsp3) is 0.667. The average molecular weight is 735 g/mol. The number of nitrogens with zero attached hydrogens (tertiary/aromatic N) is 2. The van der Waals surface area contributed by atoms with Crippen LogP contribution in [0.15, 0.2) is 40.4 Å². The molecule has 8 nitrogen and oxygen atoms in total. The summed E-state index contributed by atoms with van der Waals surface area (Å²) < 4.78 is 21.9. The van der Waals surface area contributed by atoms with Gasteiger partial charge in [0.25, 0.3) is 5.56 Å². The van der Waals surface area contributed by atoms with Gasteiger partial charge in [0.1, 0.15) is 17.7 Å². The van der Waals surface area contributed by atoms with Crippen LogP contribution in [0.2, 0.25) is 0 Å². The van der Waals surface area contributed by atoms with Gasteiger partial charge in [0.05, 0.1) is 29.1 Å². The van der Waals surface area contributed by atoms with E-state index in [9.17, 15) is 23.9 Å². The summed E-state index contributed by atoms with van der Waals surface area (Å²) in [7, 11) is 0. The highest BCUT2D eigenvalue weighted by Crippen LogP contribution is 2.68. The molecule has 0 spiro atoms. The van der Waals surface area contributed by atoms with Gasteiger partial charge in [0.15, 0.2) is 0 Å². The lowest BCUT2D eigenvalue weighted by Gasteiger charge is -2.61. The molecule has 2 aromatic rings. The Labute approximate surface area is 289 Å². The predicted octanol–water partition coefficient (Wildman–Crippen LogP) is 6.31. The Bertz CT molecular complexity index is 1620. The van der Waals surface area contributed by atoms with Gasteiger partial charge in [0.2, 0.25) is 0 Å². The number of Topliss-reactive ketones (excluding diaryl/α,β-unsaturated/α-hetero) is 1. The summed E-state index contributed by atoms with van der Waals surface area (Å²) in [4.78, 5) is 44.4.